The molecule has 0 aromatic carbocycles. The van der Waals surface area contributed by atoms with Crippen LogP contribution in [0.5, 0.6) is 0 Å². The van der Waals surface area contributed by atoms with E-state index in [9.17, 15) is 50.4 Å². The molecular formula is C15H19F12N3P2Ru-2. The molecule has 18 heteroatoms. The molecule has 3 nitrogen and oxygen atoms in total. The Balaban J connectivity index is 0.000000605. The van der Waals surface area contributed by atoms with Crippen LogP contribution in [-0.4, -0.2) is 16.5 Å². The van der Waals surface area contributed by atoms with E-state index in [1.165, 1.54) is 21.2 Å². The first-order valence-corrected chi connectivity index (χ1v) is 14.6. The molecule has 0 atom stereocenters. The van der Waals surface area contributed by atoms with Crippen LogP contribution in [0, 0.1) is 6.92 Å². The molecule has 0 radical (unpaired) electrons. The fraction of sp³-hybridized carbons (Fsp3) is 0.333. The van der Waals surface area contributed by atoms with Crippen LogP contribution in [0.3, 0.4) is 0 Å². The molecule has 0 saturated carbocycles. The SMILES string of the molecule is Cc1ccnc(-c2c[c]([Ru][CH2]CCCN)ccn2)c1.F[P-](F)(F)(F)(F)F.F[P-](F)(F)(F)(F)F. The topological polar surface area (TPSA) is 51.8 Å². The first-order chi connectivity index (χ1) is 14.2. The average molecular weight is 632 g/mol. The van der Waals surface area contributed by atoms with Crippen molar-refractivity contribution in [3.05, 3.63) is 42.2 Å². The average Bonchev–Trinajstić information content (AvgIpc) is 2.53. The Morgan fingerprint density at radius 2 is 1.15 bits per heavy atom. The molecule has 0 fully saturated rings. The molecule has 0 unspecified atom stereocenters. The zero-order chi connectivity index (χ0) is 26.3. The maximum absolute atomic E-state index is 10.7. The van der Waals surface area contributed by atoms with Gasteiger partial charge in [0.15, 0.2) is 0 Å². The Hall–Kier alpha value is -1.10. The molecule has 0 amide bonds. The van der Waals surface area contributed by atoms with E-state index in [-0.39, 0.29) is 17.1 Å². The molecule has 0 aliphatic heterocycles. The molecule has 0 aliphatic carbocycles. The van der Waals surface area contributed by atoms with Crippen molar-refractivity contribution in [3.8, 4) is 11.4 Å². The van der Waals surface area contributed by atoms with Crippen LogP contribution >= 0.6 is 15.6 Å². The van der Waals surface area contributed by atoms with Crippen LogP contribution in [-0.2, 0) is 17.1 Å². The Kier molecular flexibility index (Phi) is 9.19. The van der Waals surface area contributed by atoms with Gasteiger partial charge in [-0.3, -0.25) is 0 Å². The summed E-state index contributed by atoms with van der Waals surface area (Å²) in [6, 6.07) is 8.39. The van der Waals surface area contributed by atoms with E-state index in [1.54, 1.807) is 0 Å². The predicted octanol–water partition coefficient (Wildman–Crippen LogP) is 9.08. The number of aromatic nitrogens is 2. The summed E-state index contributed by atoms with van der Waals surface area (Å²) in [4.78, 5) is 8.82. The first-order valence-electron chi connectivity index (χ1n) is 8.48. The van der Waals surface area contributed by atoms with E-state index in [0.29, 0.717) is 0 Å². The summed E-state index contributed by atoms with van der Waals surface area (Å²) < 4.78 is 120. The van der Waals surface area contributed by atoms with Gasteiger partial charge in [0, 0.05) is 0 Å². The summed E-state index contributed by atoms with van der Waals surface area (Å²) in [5.74, 6) is 0. The fourth-order valence-corrected chi connectivity index (χ4v) is 3.68. The van der Waals surface area contributed by atoms with Crippen molar-refractivity contribution in [2.45, 2.75) is 24.8 Å². The molecule has 2 N–H and O–H groups in total. The van der Waals surface area contributed by atoms with Crippen LogP contribution in [0.2, 0.25) is 5.02 Å². The van der Waals surface area contributed by atoms with E-state index in [1.807, 2.05) is 18.5 Å². The zero-order valence-electron chi connectivity index (χ0n) is 16.5. The van der Waals surface area contributed by atoms with E-state index >= 15 is 0 Å². The quantitative estimate of drug-likeness (QED) is 0.150. The summed E-state index contributed by atoms with van der Waals surface area (Å²) >= 11 is 0.258. The first kappa shape index (κ1) is 31.9. The van der Waals surface area contributed by atoms with Crippen molar-refractivity contribution in [2.24, 2.45) is 5.73 Å². The van der Waals surface area contributed by atoms with Gasteiger partial charge in [-0.2, -0.15) is 0 Å². The van der Waals surface area contributed by atoms with Gasteiger partial charge >= 0.3 is 188 Å². The van der Waals surface area contributed by atoms with Gasteiger partial charge in [0.05, 0.1) is 0 Å². The van der Waals surface area contributed by atoms with Gasteiger partial charge < -0.3 is 0 Å². The number of halogens is 12. The molecule has 2 heterocycles. The number of hydrogen-bond donors (Lipinski definition) is 1. The predicted molar refractivity (Wildman–Crippen MR) is 102 cm³/mol. The van der Waals surface area contributed by atoms with Gasteiger partial charge in [0.25, 0.3) is 0 Å². The number of nitrogens with two attached hydrogens (primary N) is 1. The third kappa shape index (κ3) is 30.9. The number of nitrogens with zero attached hydrogens (tertiary/aromatic N) is 2. The summed E-state index contributed by atoms with van der Waals surface area (Å²) in [6.45, 7) is 2.88. The second-order valence-electron chi connectivity index (χ2n) is 6.28. The van der Waals surface area contributed by atoms with E-state index < -0.39 is 15.6 Å². The second kappa shape index (κ2) is 9.51. The maximum atomic E-state index is 9.87. The van der Waals surface area contributed by atoms with Crippen LogP contribution in [0.4, 0.5) is 50.4 Å². The summed E-state index contributed by atoms with van der Waals surface area (Å²) in [7, 11) is -21.3. The van der Waals surface area contributed by atoms with Gasteiger partial charge in [-0.15, -0.1) is 0 Å². The van der Waals surface area contributed by atoms with Crippen molar-refractivity contribution in [2.75, 3.05) is 6.54 Å². The van der Waals surface area contributed by atoms with Crippen LogP contribution in [0.25, 0.3) is 11.4 Å². The Morgan fingerprint density at radius 3 is 1.58 bits per heavy atom. The van der Waals surface area contributed by atoms with Crippen LogP contribution < -0.4 is 9.89 Å². The Bertz CT molecular complexity index is 867. The normalized spacial score (nSPS) is 16.1. The van der Waals surface area contributed by atoms with Gasteiger partial charge in [0.1, 0.15) is 0 Å². The Labute approximate surface area is 188 Å². The number of aryl methyl sites for hydroxylation is 1. The molecular weight excluding hydrogens is 613 g/mol. The number of unbranched alkanes of at least 4 members (excludes halogenated alkanes) is 1. The molecule has 2 aromatic rings. The number of hydrogen-bond acceptors (Lipinski definition) is 3. The fourth-order valence-electron chi connectivity index (χ4n) is 1.69. The van der Waals surface area contributed by atoms with Crippen LogP contribution in [0.1, 0.15) is 18.4 Å². The molecule has 33 heavy (non-hydrogen) atoms. The minimum absolute atomic E-state index is 0.258. The molecule has 0 bridgehead atoms. The van der Waals surface area contributed by atoms with Gasteiger partial charge in [-0.25, -0.2) is 0 Å². The molecule has 2 aromatic heterocycles. The molecule has 198 valence electrons. The van der Waals surface area contributed by atoms with Gasteiger partial charge in [0.2, 0.25) is 0 Å². The van der Waals surface area contributed by atoms with E-state index in [2.05, 4.69) is 35.1 Å². The summed E-state index contributed by atoms with van der Waals surface area (Å²) in [5.41, 5.74) is 8.67. The number of rotatable bonds is 6. The van der Waals surface area contributed by atoms with Crippen molar-refractivity contribution in [1.82, 2.24) is 9.97 Å². The summed E-state index contributed by atoms with van der Waals surface area (Å²) in [6.07, 6.45) is 6.10. The molecule has 2 rings (SSSR count). The monoisotopic (exact) mass is 633 g/mol. The van der Waals surface area contributed by atoms with E-state index in [0.717, 1.165) is 24.4 Å². The standard InChI is InChI=1S/C11H9N2.C4H10N.2F6P.Ru/c1-9-5-7-13-11(8-9)10-4-2-3-6-12-10;1-2-3-4-5;2*1-7(2,3,4,5)6;/h3-8H,1H3;1-5H2;;;/q;;2*-1;. The van der Waals surface area contributed by atoms with Crippen LogP contribution in [0.15, 0.2) is 36.7 Å². The van der Waals surface area contributed by atoms with Crippen molar-refractivity contribution in [3.63, 3.8) is 0 Å². The van der Waals surface area contributed by atoms with Gasteiger partial charge in [-0.1, -0.05) is 0 Å². The summed E-state index contributed by atoms with van der Waals surface area (Å²) in [5, 5.41) is 1.27. The van der Waals surface area contributed by atoms with E-state index in [4.69, 9.17) is 5.73 Å². The molecule has 0 aliphatic rings. The molecule has 0 saturated heterocycles. The minimum atomic E-state index is -10.7. The number of pyridine rings is 2. The van der Waals surface area contributed by atoms with Gasteiger partial charge in [-0.05, 0) is 0 Å². The van der Waals surface area contributed by atoms with Crippen molar-refractivity contribution in [1.29, 1.82) is 0 Å². The third-order valence-electron chi connectivity index (χ3n) is 2.70. The second-order valence-corrected chi connectivity index (χ2v) is 12.6. The van der Waals surface area contributed by atoms with Crippen molar-refractivity contribution < 1.29 is 67.5 Å². The van der Waals surface area contributed by atoms with Crippen molar-refractivity contribution >= 4 is 19.8 Å². The third-order valence-corrected chi connectivity index (χ3v) is 5.00. The Morgan fingerprint density at radius 1 is 0.727 bits per heavy atom. The zero-order valence-corrected chi connectivity index (χ0v) is 20.1. The molecule has 0 spiro atoms.